The topological polar surface area (TPSA) is 32.3 Å². The van der Waals surface area contributed by atoms with Crippen LogP contribution in [0, 0.1) is 0 Å². The molecule has 0 bridgehead atoms. The van der Waals surface area contributed by atoms with E-state index in [1.807, 2.05) is 12.1 Å². The van der Waals surface area contributed by atoms with E-state index in [1.165, 1.54) is 11.1 Å². The minimum atomic E-state index is -0.198. The third-order valence-corrected chi connectivity index (χ3v) is 2.61. The third kappa shape index (κ3) is 1.66. The van der Waals surface area contributed by atoms with E-state index in [2.05, 4.69) is 24.0 Å². The van der Waals surface area contributed by atoms with Crippen molar-refractivity contribution in [1.29, 1.82) is 0 Å². The summed E-state index contributed by atoms with van der Waals surface area (Å²) in [6.07, 6.45) is 3.20. The number of nitrogens with one attached hydrogen (secondary N) is 1. The normalized spacial score (nSPS) is 19.1. The van der Waals surface area contributed by atoms with Crippen LogP contribution in [-0.2, 0) is 12.8 Å². The second-order valence-electron chi connectivity index (χ2n) is 3.67. The fourth-order valence-electron chi connectivity index (χ4n) is 1.98. The van der Waals surface area contributed by atoms with Gasteiger partial charge in [0, 0.05) is 18.7 Å². The maximum atomic E-state index is 9.55. The van der Waals surface area contributed by atoms with Gasteiger partial charge in [-0.15, -0.1) is 6.58 Å². The van der Waals surface area contributed by atoms with Crippen molar-refractivity contribution < 1.29 is 5.11 Å². The van der Waals surface area contributed by atoms with E-state index in [0.29, 0.717) is 0 Å². The van der Waals surface area contributed by atoms with Gasteiger partial charge in [0.25, 0.3) is 0 Å². The first-order chi connectivity index (χ1) is 6.81. The molecule has 0 heterocycles. The molecular weight excluding hydrogens is 174 g/mol. The van der Waals surface area contributed by atoms with E-state index in [1.54, 1.807) is 0 Å². The molecule has 2 rings (SSSR count). The summed E-state index contributed by atoms with van der Waals surface area (Å²) in [6.45, 7) is 4.44. The van der Waals surface area contributed by atoms with Crippen LogP contribution in [-0.4, -0.2) is 17.8 Å². The van der Waals surface area contributed by atoms with E-state index in [9.17, 15) is 5.11 Å². The quantitative estimate of drug-likeness (QED) is 0.710. The molecule has 0 saturated heterocycles. The fraction of sp³-hybridized carbons (Fsp3) is 0.333. The summed E-state index contributed by atoms with van der Waals surface area (Å²) in [4.78, 5) is 0. The molecule has 74 valence electrons. The van der Waals surface area contributed by atoms with E-state index in [4.69, 9.17) is 0 Å². The van der Waals surface area contributed by atoms with Crippen molar-refractivity contribution in [2.45, 2.75) is 18.9 Å². The number of aliphatic hydroxyl groups excluding tert-OH is 1. The minimum absolute atomic E-state index is 0.198. The van der Waals surface area contributed by atoms with Gasteiger partial charge in [-0.25, -0.2) is 0 Å². The molecule has 1 aromatic rings. The summed E-state index contributed by atoms with van der Waals surface area (Å²) in [6, 6.07) is 6.17. The number of hydrogen-bond donors (Lipinski definition) is 2. The zero-order chi connectivity index (χ0) is 9.97. The van der Waals surface area contributed by atoms with Gasteiger partial charge in [-0.1, -0.05) is 18.2 Å². The molecule has 1 atom stereocenters. The van der Waals surface area contributed by atoms with Gasteiger partial charge in [0.2, 0.25) is 0 Å². The lowest BCUT2D eigenvalue weighted by molar-refractivity contribution is 0.187. The number of hydrogen-bond acceptors (Lipinski definition) is 2. The molecule has 0 radical (unpaired) electrons. The highest BCUT2D eigenvalue weighted by Crippen LogP contribution is 2.28. The molecule has 0 aliphatic heterocycles. The van der Waals surface area contributed by atoms with Crippen LogP contribution >= 0.6 is 0 Å². The van der Waals surface area contributed by atoms with Gasteiger partial charge in [0.05, 0.1) is 6.10 Å². The molecule has 2 heteroatoms. The first-order valence-corrected chi connectivity index (χ1v) is 4.95. The zero-order valence-electron chi connectivity index (χ0n) is 8.16. The molecule has 0 amide bonds. The van der Waals surface area contributed by atoms with Crippen LogP contribution in [0.2, 0.25) is 0 Å². The molecule has 1 aliphatic carbocycles. The molecule has 2 N–H and O–H groups in total. The number of rotatable bonds is 3. The molecule has 14 heavy (non-hydrogen) atoms. The summed E-state index contributed by atoms with van der Waals surface area (Å²) in [5.41, 5.74) is 3.67. The maximum absolute atomic E-state index is 9.55. The Balaban J connectivity index is 2.25. The van der Waals surface area contributed by atoms with Gasteiger partial charge in [-0.2, -0.15) is 0 Å². The van der Waals surface area contributed by atoms with Gasteiger partial charge < -0.3 is 10.4 Å². The molecule has 2 nitrogen and oxygen atoms in total. The Kier molecular flexibility index (Phi) is 2.55. The molecule has 0 saturated carbocycles. The number of aliphatic hydroxyl groups is 1. The fourth-order valence-corrected chi connectivity index (χ4v) is 1.98. The van der Waals surface area contributed by atoms with Crippen LogP contribution in [0.15, 0.2) is 30.9 Å². The van der Waals surface area contributed by atoms with Crippen LogP contribution in [0.25, 0.3) is 0 Å². The van der Waals surface area contributed by atoms with E-state index in [-0.39, 0.29) is 6.10 Å². The number of fused-ring (bicyclic) bond motifs is 1. The molecule has 1 aromatic carbocycles. The van der Waals surface area contributed by atoms with E-state index in [0.717, 1.165) is 25.1 Å². The highest BCUT2D eigenvalue weighted by molar-refractivity contribution is 5.57. The largest absolute Gasteiger partial charge is 0.392 e. The number of benzene rings is 1. The Morgan fingerprint density at radius 3 is 3.14 bits per heavy atom. The van der Waals surface area contributed by atoms with Crippen molar-refractivity contribution in [2.24, 2.45) is 0 Å². The summed E-state index contributed by atoms with van der Waals surface area (Å²) in [5, 5.41) is 12.8. The Labute approximate surface area is 84.3 Å². The Hall–Kier alpha value is -1.28. The van der Waals surface area contributed by atoms with Crippen LogP contribution < -0.4 is 5.32 Å². The predicted molar refractivity (Wildman–Crippen MR) is 58.5 cm³/mol. The van der Waals surface area contributed by atoms with Crippen LogP contribution in [0.5, 0.6) is 0 Å². The lowest BCUT2D eigenvalue weighted by Gasteiger charge is -2.08. The first-order valence-electron chi connectivity index (χ1n) is 4.95. The van der Waals surface area contributed by atoms with E-state index >= 15 is 0 Å². The number of anilines is 1. The monoisotopic (exact) mass is 189 g/mol. The zero-order valence-corrected chi connectivity index (χ0v) is 8.16. The minimum Gasteiger partial charge on any atom is -0.392 e. The summed E-state index contributed by atoms with van der Waals surface area (Å²) in [5.74, 6) is 0. The van der Waals surface area contributed by atoms with Crippen LogP contribution in [0.3, 0.4) is 0 Å². The Morgan fingerprint density at radius 1 is 1.50 bits per heavy atom. The van der Waals surface area contributed by atoms with Crippen molar-refractivity contribution in [3.8, 4) is 0 Å². The van der Waals surface area contributed by atoms with E-state index < -0.39 is 0 Å². The Morgan fingerprint density at radius 2 is 2.36 bits per heavy atom. The highest BCUT2D eigenvalue weighted by atomic mass is 16.3. The molecule has 1 aliphatic rings. The smallest absolute Gasteiger partial charge is 0.0621 e. The van der Waals surface area contributed by atoms with Crippen molar-refractivity contribution in [2.75, 3.05) is 11.9 Å². The average molecular weight is 189 g/mol. The average Bonchev–Trinajstić information content (AvgIpc) is 2.55. The van der Waals surface area contributed by atoms with Crippen molar-refractivity contribution in [3.05, 3.63) is 42.0 Å². The van der Waals surface area contributed by atoms with Crippen LogP contribution in [0.1, 0.15) is 11.1 Å². The standard InChI is InChI=1S/C12H15NO/c1-2-6-13-12-5-3-4-9-7-10(14)8-11(9)12/h2-5,10,13-14H,1,6-8H2. The van der Waals surface area contributed by atoms with Crippen molar-refractivity contribution >= 4 is 5.69 Å². The molecule has 1 unspecified atom stereocenters. The maximum Gasteiger partial charge on any atom is 0.0621 e. The lowest BCUT2D eigenvalue weighted by atomic mass is 10.1. The summed E-state index contributed by atoms with van der Waals surface area (Å²) in [7, 11) is 0. The van der Waals surface area contributed by atoms with Gasteiger partial charge in [-0.3, -0.25) is 0 Å². The van der Waals surface area contributed by atoms with Gasteiger partial charge in [0.15, 0.2) is 0 Å². The van der Waals surface area contributed by atoms with Crippen LogP contribution in [0.4, 0.5) is 5.69 Å². The Bertz CT molecular complexity index is 346. The molecule has 0 aromatic heterocycles. The molecule has 0 fully saturated rings. The summed E-state index contributed by atoms with van der Waals surface area (Å²) >= 11 is 0. The second-order valence-corrected chi connectivity index (χ2v) is 3.67. The van der Waals surface area contributed by atoms with Gasteiger partial charge in [0.1, 0.15) is 0 Å². The predicted octanol–water partition coefficient (Wildman–Crippen LogP) is 1.74. The SMILES string of the molecule is C=CCNc1cccc2c1CC(O)C2. The molecule has 0 spiro atoms. The van der Waals surface area contributed by atoms with Crippen molar-refractivity contribution in [1.82, 2.24) is 0 Å². The van der Waals surface area contributed by atoms with Gasteiger partial charge >= 0.3 is 0 Å². The summed E-state index contributed by atoms with van der Waals surface area (Å²) < 4.78 is 0. The first kappa shape index (κ1) is 9.28. The van der Waals surface area contributed by atoms with Crippen molar-refractivity contribution in [3.63, 3.8) is 0 Å². The van der Waals surface area contributed by atoms with Gasteiger partial charge in [-0.05, 0) is 23.6 Å². The second kappa shape index (κ2) is 3.84. The third-order valence-electron chi connectivity index (χ3n) is 2.61. The lowest BCUT2D eigenvalue weighted by Crippen LogP contribution is -2.05. The molecular formula is C12H15NO. The highest BCUT2D eigenvalue weighted by Gasteiger charge is 2.21.